The van der Waals surface area contributed by atoms with E-state index in [9.17, 15) is 19.2 Å². The molecule has 0 saturated heterocycles. The molecule has 0 aliphatic heterocycles. The zero-order chi connectivity index (χ0) is 48.7. The summed E-state index contributed by atoms with van der Waals surface area (Å²) in [4.78, 5) is 52.7. The van der Waals surface area contributed by atoms with Gasteiger partial charge in [-0.3, -0.25) is 0 Å². The molecule has 0 aromatic heterocycles. The van der Waals surface area contributed by atoms with Crippen molar-refractivity contribution in [3.63, 3.8) is 0 Å². The molecule has 6 aromatic carbocycles. The summed E-state index contributed by atoms with van der Waals surface area (Å²) in [6.07, 6.45) is 3.64. The van der Waals surface area contributed by atoms with Gasteiger partial charge in [-0.05, 0) is 122 Å². The van der Waals surface area contributed by atoms with Gasteiger partial charge < -0.3 is 47.4 Å². The first kappa shape index (κ1) is 49.4. The van der Waals surface area contributed by atoms with E-state index in [-0.39, 0.29) is 45.3 Å². The Balaban J connectivity index is 1.04. The van der Waals surface area contributed by atoms with E-state index < -0.39 is 23.9 Å². The number of carbonyl (C=O) groups is 4. The zero-order valence-corrected chi connectivity index (χ0v) is 39.4. The van der Waals surface area contributed by atoms with Gasteiger partial charge >= 0.3 is 23.9 Å². The van der Waals surface area contributed by atoms with E-state index in [1.54, 1.807) is 24.3 Å². The minimum atomic E-state index is -0.683. The standard InChI is InChI=1S/C54H54O14/c1-9-11-25-63-49-31-45(59-5)41(29-47(49)61-7)53(57)65-39-19-13-35(14-20-39)51(55)67-43-23-17-37(27-33(43)3)38-18-24-44(34(4)28-38)68-52(56)36-15-21-40(22-16-36)66-54(58)42-30-48(62-8)50(32-46(42)60-6)64-26-12-10-2/h13-24,27-32H,9-12,25-26H2,1-8H3. The summed E-state index contributed by atoms with van der Waals surface area (Å²) in [5.74, 6) is 0.729. The molecule has 0 saturated carbocycles. The number of aryl methyl sites for hydroxylation is 2. The maximum absolute atomic E-state index is 13.2. The highest BCUT2D eigenvalue weighted by Crippen LogP contribution is 2.38. The highest BCUT2D eigenvalue weighted by atomic mass is 16.6. The summed E-state index contributed by atoms with van der Waals surface area (Å²) in [5, 5.41) is 0. The summed E-state index contributed by atoms with van der Waals surface area (Å²) in [6, 6.07) is 29.0. The molecule has 0 spiro atoms. The van der Waals surface area contributed by atoms with Gasteiger partial charge in [-0.15, -0.1) is 0 Å². The molecule has 0 heterocycles. The molecular weight excluding hydrogens is 873 g/mol. The Labute approximate surface area is 395 Å². The smallest absolute Gasteiger partial charge is 0.347 e. The average molecular weight is 927 g/mol. The van der Waals surface area contributed by atoms with Gasteiger partial charge in [0.2, 0.25) is 0 Å². The molecular formula is C54H54O14. The van der Waals surface area contributed by atoms with Crippen LogP contribution < -0.4 is 47.4 Å². The molecule has 0 atom stereocenters. The van der Waals surface area contributed by atoms with Gasteiger partial charge in [-0.25, -0.2) is 19.2 Å². The summed E-state index contributed by atoms with van der Waals surface area (Å²) in [7, 11) is 5.86. The first-order chi connectivity index (χ1) is 32.9. The SMILES string of the molecule is CCCCOc1cc(OC)c(C(=O)Oc2ccc(C(=O)Oc3ccc(-c4ccc(OC(=O)c5ccc(OC(=O)c6cc(OC)c(OCCCC)cc6OC)cc5)c(C)c4)cc3C)cc2)cc1OC. The van der Waals surface area contributed by atoms with Gasteiger partial charge in [0, 0.05) is 24.3 Å². The number of benzene rings is 6. The minimum absolute atomic E-state index is 0.141. The summed E-state index contributed by atoms with van der Waals surface area (Å²) >= 11 is 0. The van der Waals surface area contributed by atoms with Crippen LogP contribution in [0.15, 0.2) is 109 Å². The Bertz CT molecular complexity index is 2550. The number of carbonyl (C=O) groups excluding carboxylic acids is 4. The second-order valence-corrected chi connectivity index (χ2v) is 15.4. The molecule has 14 nitrogen and oxygen atoms in total. The lowest BCUT2D eigenvalue weighted by atomic mass is 10.0. The molecule has 354 valence electrons. The summed E-state index contributed by atoms with van der Waals surface area (Å²) in [5.41, 5.74) is 3.88. The van der Waals surface area contributed by atoms with Crippen molar-refractivity contribution in [2.24, 2.45) is 0 Å². The van der Waals surface area contributed by atoms with Gasteiger partial charge in [0.15, 0.2) is 23.0 Å². The van der Waals surface area contributed by atoms with Crippen LogP contribution >= 0.6 is 0 Å². The van der Waals surface area contributed by atoms with E-state index in [2.05, 4.69) is 13.8 Å². The first-order valence-electron chi connectivity index (χ1n) is 22.0. The monoisotopic (exact) mass is 926 g/mol. The van der Waals surface area contributed by atoms with Gasteiger partial charge in [-0.1, -0.05) is 38.8 Å². The third-order valence-electron chi connectivity index (χ3n) is 10.6. The Kier molecular flexibility index (Phi) is 17.0. The van der Waals surface area contributed by atoms with E-state index in [4.69, 9.17) is 47.4 Å². The van der Waals surface area contributed by atoms with Crippen molar-refractivity contribution in [3.05, 3.63) is 143 Å². The van der Waals surface area contributed by atoms with E-state index >= 15 is 0 Å². The highest BCUT2D eigenvalue weighted by Gasteiger charge is 2.23. The zero-order valence-electron chi connectivity index (χ0n) is 39.4. The van der Waals surface area contributed by atoms with E-state index in [0.29, 0.717) is 58.8 Å². The largest absolute Gasteiger partial charge is 0.496 e. The van der Waals surface area contributed by atoms with Crippen molar-refractivity contribution in [1.29, 1.82) is 0 Å². The van der Waals surface area contributed by atoms with Crippen LogP contribution in [0.3, 0.4) is 0 Å². The fourth-order valence-corrected chi connectivity index (χ4v) is 6.78. The number of hydrogen-bond donors (Lipinski definition) is 0. The Morgan fingerprint density at radius 3 is 1.07 bits per heavy atom. The van der Waals surface area contributed by atoms with Gasteiger partial charge in [-0.2, -0.15) is 0 Å². The minimum Gasteiger partial charge on any atom is -0.496 e. The summed E-state index contributed by atoms with van der Waals surface area (Å²) in [6.45, 7) is 8.75. The lowest BCUT2D eigenvalue weighted by Gasteiger charge is -2.15. The van der Waals surface area contributed by atoms with Crippen LogP contribution in [-0.2, 0) is 0 Å². The van der Waals surface area contributed by atoms with Crippen LogP contribution in [0.5, 0.6) is 57.5 Å². The Morgan fingerprint density at radius 1 is 0.382 bits per heavy atom. The molecule has 6 aromatic rings. The maximum Gasteiger partial charge on any atom is 0.347 e. The lowest BCUT2D eigenvalue weighted by molar-refractivity contribution is 0.0717. The van der Waals surface area contributed by atoms with E-state index in [0.717, 1.165) is 36.8 Å². The van der Waals surface area contributed by atoms with Crippen LogP contribution in [0.4, 0.5) is 0 Å². The molecule has 0 radical (unpaired) electrons. The second kappa shape index (κ2) is 23.4. The quantitative estimate of drug-likeness (QED) is 0.0381. The number of unbranched alkanes of at least 4 members (excludes halogenated alkanes) is 2. The normalized spacial score (nSPS) is 10.6. The Hall–Kier alpha value is -8.00. The van der Waals surface area contributed by atoms with Crippen LogP contribution in [-0.4, -0.2) is 65.5 Å². The van der Waals surface area contributed by atoms with Crippen LogP contribution in [0.1, 0.15) is 92.1 Å². The fourth-order valence-electron chi connectivity index (χ4n) is 6.78. The number of methoxy groups -OCH3 is 4. The van der Waals surface area contributed by atoms with E-state index in [1.807, 2.05) is 38.1 Å². The number of hydrogen-bond acceptors (Lipinski definition) is 14. The second-order valence-electron chi connectivity index (χ2n) is 15.4. The molecule has 0 aliphatic rings. The summed E-state index contributed by atoms with van der Waals surface area (Å²) < 4.78 is 56.1. The molecule has 14 heteroatoms. The van der Waals surface area contributed by atoms with E-state index in [1.165, 1.54) is 89.1 Å². The molecule has 0 aliphatic carbocycles. The molecule has 0 N–H and O–H groups in total. The topological polar surface area (TPSA) is 161 Å². The van der Waals surface area contributed by atoms with Crippen LogP contribution in [0, 0.1) is 13.8 Å². The first-order valence-corrected chi connectivity index (χ1v) is 22.0. The molecule has 0 fully saturated rings. The van der Waals surface area contributed by atoms with Crippen molar-refractivity contribution in [2.45, 2.75) is 53.4 Å². The predicted molar refractivity (Wildman–Crippen MR) is 254 cm³/mol. The van der Waals surface area contributed by atoms with Gasteiger partial charge in [0.05, 0.1) is 52.8 Å². The van der Waals surface area contributed by atoms with Crippen molar-refractivity contribution < 1.29 is 66.5 Å². The molecule has 0 bridgehead atoms. The number of esters is 4. The molecule has 6 rings (SSSR count). The maximum atomic E-state index is 13.2. The van der Waals surface area contributed by atoms with Crippen molar-refractivity contribution in [1.82, 2.24) is 0 Å². The average Bonchev–Trinajstić information content (AvgIpc) is 3.35. The highest BCUT2D eigenvalue weighted by molar-refractivity contribution is 5.97. The molecule has 68 heavy (non-hydrogen) atoms. The molecule has 0 unspecified atom stereocenters. The third-order valence-corrected chi connectivity index (χ3v) is 10.6. The van der Waals surface area contributed by atoms with Crippen LogP contribution in [0.25, 0.3) is 11.1 Å². The number of rotatable bonds is 21. The van der Waals surface area contributed by atoms with Crippen molar-refractivity contribution in [2.75, 3.05) is 41.7 Å². The third kappa shape index (κ3) is 12.3. The van der Waals surface area contributed by atoms with Gasteiger partial charge in [0.25, 0.3) is 0 Å². The van der Waals surface area contributed by atoms with Crippen molar-refractivity contribution >= 4 is 23.9 Å². The fraction of sp³-hybridized carbons (Fsp3) is 0.259. The number of ether oxygens (including phenoxy) is 10. The van der Waals surface area contributed by atoms with Gasteiger partial charge in [0.1, 0.15) is 45.6 Å². The lowest BCUT2D eigenvalue weighted by Crippen LogP contribution is -2.12. The van der Waals surface area contributed by atoms with Crippen molar-refractivity contribution in [3.8, 4) is 68.6 Å². The Morgan fingerprint density at radius 2 is 0.750 bits per heavy atom. The molecule has 0 amide bonds. The van der Waals surface area contributed by atoms with Crippen LogP contribution in [0.2, 0.25) is 0 Å². The predicted octanol–water partition coefficient (Wildman–Crippen LogP) is 11.2.